The maximum Gasteiger partial charge on any atom is 0.259 e. The van der Waals surface area contributed by atoms with Crippen LogP contribution in [0, 0.1) is 0 Å². The number of ether oxygens (including phenoxy) is 1. The zero-order valence-corrected chi connectivity index (χ0v) is 18.8. The summed E-state index contributed by atoms with van der Waals surface area (Å²) in [5.74, 6) is -0.210. The Balaban J connectivity index is 1.74. The van der Waals surface area contributed by atoms with Crippen molar-refractivity contribution in [3.05, 3.63) is 105 Å². The summed E-state index contributed by atoms with van der Waals surface area (Å²) in [4.78, 5) is 26.3. The van der Waals surface area contributed by atoms with Gasteiger partial charge in [0.15, 0.2) is 5.78 Å². The molecule has 0 aliphatic rings. The molecule has 31 heavy (non-hydrogen) atoms. The van der Waals surface area contributed by atoms with Crippen molar-refractivity contribution in [2.45, 2.75) is 0 Å². The lowest BCUT2D eigenvalue weighted by Gasteiger charge is -2.14. The van der Waals surface area contributed by atoms with Gasteiger partial charge in [0.05, 0.1) is 23.4 Å². The molecule has 0 heterocycles. The molecule has 1 N–H and O–H groups in total. The molecule has 0 aliphatic heterocycles. The SMILES string of the molecule is COc1cc2ccccc2cc1C(=O)Nc1ccc(Br)cc1C(=O)c1ccccc1Cl. The monoisotopic (exact) mass is 493 g/mol. The predicted molar refractivity (Wildman–Crippen MR) is 127 cm³/mol. The molecule has 0 saturated heterocycles. The minimum Gasteiger partial charge on any atom is -0.496 e. The van der Waals surface area contributed by atoms with Crippen molar-refractivity contribution in [3.63, 3.8) is 0 Å². The topological polar surface area (TPSA) is 55.4 Å². The number of hydrogen-bond acceptors (Lipinski definition) is 3. The van der Waals surface area contributed by atoms with Crippen molar-refractivity contribution in [2.24, 2.45) is 0 Å². The number of fused-ring (bicyclic) bond motifs is 1. The molecule has 0 saturated carbocycles. The number of amides is 1. The fourth-order valence-electron chi connectivity index (χ4n) is 3.36. The molecular weight excluding hydrogens is 478 g/mol. The normalized spacial score (nSPS) is 10.7. The number of rotatable bonds is 5. The first-order chi connectivity index (χ1) is 15.0. The lowest BCUT2D eigenvalue weighted by molar-refractivity contribution is 0.102. The number of ketones is 1. The van der Waals surface area contributed by atoms with Gasteiger partial charge >= 0.3 is 0 Å². The number of carbonyl (C=O) groups is 2. The molecule has 0 aromatic heterocycles. The second kappa shape index (κ2) is 8.92. The van der Waals surface area contributed by atoms with E-state index in [1.807, 2.05) is 30.3 Å². The van der Waals surface area contributed by atoms with Crippen LogP contribution in [0.4, 0.5) is 5.69 Å². The van der Waals surface area contributed by atoms with E-state index in [0.717, 1.165) is 10.8 Å². The maximum atomic E-state index is 13.2. The van der Waals surface area contributed by atoms with Crippen molar-refractivity contribution in [2.75, 3.05) is 12.4 Å². The van der Waals surface area contributed by atoms with Gasteiger partial charge in [-0.3, -0.25) is 9.59 Å². The lowest BCUT2D eigenvalue weighted by Crippen LogP contribution is -2.16. The van der Waals surface area contributed by atoms with E-state index in [4.69, 9.17) is 16.3 Å². The van der Waals surface area contributed by atoms with Gasteiger partial charge in [-0.15, -0.1) is 0 Å². The lowest BCUT2D eigenvalue weighted by atomic mass is 10.0. The number of benzene rings is 4. The predicted octanol–water partition coefficient (Wildman–Crippen LogP) is 6.75. The van der Waals surface area contributed by atoms with Gasteiger partial charge in [-0.05, 0) is 53.2 Å². The second-order valence-corrected chi connectivity index (χ2v) is 8.18. The molecular formula is C25H17BrClNO3. The van der Waals surface area contributed by atoms with Crippen LogP contribution in [-0.4, -0.2) is 18.8 Å². The van der Waals surface area contributed by atoms with E-state index in [1.165, 1.54) is 7.11 Å². The second-order valence-electron chi connectivity index (χ2n) is 6.85. The standard InChI is InChI=1S/C25H17BrClNO3/c1-31-23-13-16-7-3-2-6-15(16)12-20(23)25(30)28-22-11-10-17(26)14-19(22)24(29)18-8-4-5-9-21(18)27/h2-14H,1H3,(H,28,30). The third-order valence-corrected chi connectivity index (χ3v) is 5.73. The van der Waals surface area contributed by atoms with E-state index in [1.54, 1.807) is 48.5 Å². The smallest absolute Gasteiger partial charge is 0.259 e. The highest BCUT2D eigenvalue weighted by Crippen LogP contribution is 2.30. The fourth-order valence-corrected chi connectivity index (χ4v) is 3.94. The first kappa shape index (κ1) is 21.1. The molecule has 0 aliphatic carbocycles. The van der Waals surface area contributed by atoms with Crippen LogP contribution in [0.1, 0.15) is 26.3 Å². The number of hydrogen-bond donors (Lipinski definition) is 1. The van der Waals surface area contributed by atoms with Gasteiger partial charge in [0.1, 0.15) is 5.75 Å². The van der Waals surface area contributed by atoms with Crippen molar-refractivity contribution < 1.29 is 14.3 Å². The molecule has 0 fully saturated rings. The minimum absolute atomic E-state index is 0.285. The molecule has 0 spiro atoms. The Morgan fingerprint density at radius 1 is 0.839 bits per heavy atom. The summed E-state index contributed by atoms with van der Waals surface area (Å²) in [7, 11) is 1.52. The van der Waals surface area contributed by atoms with E-state index >= 15 is 0 Å². The van der Waals surface area contributed by atoms with Crippen LogP contribution in [0.5, 0.6) is 5.75 Å². The molecule has 1 amide bonds. The fraction of sp³-hybridized carbons (Fsp3) is 0.0400. The van der Waals surface area contributed by atoms with Gasteiger partial charge in [-0.1, -0.05) is 63.9 Å². The van der Waals surface area contributed by atoms with Crippen LogP contribution >= 0.6 is 27.5 Å². The first-order valence-corrected chi connectivity index (χ1v) is 10.6. The average molecular weight is 495 g/mol. The molecule has 0 atom stereocenters. The van der Waals surface area contributed by atoms with Crippen LogP contribution in [0.15, 0.2) is 83.3 Å². The quantitative estimate of drug-likeness (QED) is 0.312. The molecule has 0 unspecified atom stereocenters. The Kier molecular flexibility index (Phi) is 6.07. The van der Waals surface area contributed by atoms with E-state index in [9.17, 15) is 9.59 Å². The van der Waals surface area contributed by atoms with Gasteiger partial charge in [0.25, 0.3) is 5.91 Å². The summed E-state index contributed by atoms with van der Waals surface area (Å²) in [6, 6.07) is 23.2. The summed E-state index contributed by atoms with van der Waals surface area (Å²) in [5.41, 5.74) is 1.45. The van der Waals surface area contributed by atoms with Crippen LogP contribution in [0.25, 0.3) is 10.8 Å². The number of halogens is 2. The molecule has 4 aromatic carbocycles. The van der Waals surface area contributed by atoms with Crippen molar-refractivity contribution >= 4 is 55.7 Å². The number of anilines is 1. The Morgan fingerprint density at radius 3 is 2.23 bits per heavy atom. The maximum absolute atomic E-state index is 13.2. The number of nitrogens with one attached hydrogen (secondary N) is 1. The highest BCUT2D eigenvalue weighted by molar-refractivity contribution is 9.10. The van der Waals surface area contributed by atoms with Crippen molar-refractivity contribution in [1.29, 1.82) is 0 Å². The molecule has 154 valence electrons. The average Bonchev–Trinajstić information content (AvgIpc) is 2.79. The summed E-state index contributed by atoms with van der Waals surface area (Å²) in [6.45, 7) is 0. The van der Waals surface area contributed by atoms with Gasteiger partial charge < -0.3 is 10.1 Å². The molecule has 0 radical (unpaired) electrons. The summed E-state index contributed by atoms with van der Waals surface area (Å²) < 4.78 is 6.15. The zero-order valence-electron chi connectivity index (χ0n) is 16.5. The summed E-state index contributed by atoms with van der Waals surface area (Å²) >= 11 is 9.62. The molecule has 4 nitrogen and oxygen atoms in total. The summed E-state index contributed by atoms with van der Waals surface area (Å²) in [6.07, 6.45) is 0. The van der Waals surface area contributed by atoms with Gasteiger partial charge in [0, 0.05) is 15.6 Å². The zero-order chi connectivity index (χ0) is 22.0. The van der Waals surface area contributed by atoms with Gasteiger partial charge in [0.2, 0.25) is 0 Å². The third-order valence-electron chi connectivity index (χ3n) is 4.91. The first-order valence-electron chi connectivity index (χ1n) is 9.45. The Bertz CT molecular complexity index is 1320. The minimum atomic E-state index is -0.377. The molecule has 0 bridgehead atoms. The Labute approximate surface area is 192 Å². The molecule has 6 heteroatoms. The summed E-state index contributed by atoms with van der Waals surface area (Å²) in [5, 5.41) is 5.09. The Hall–Kier alpha value is -3.15. The third kappa shape index (κ3) is 4.33. The van der Waals surface area contributed by atoms with Crippen LogP contribution in [-0.2, 0) is 0 Å². The van der Waals surface area contributed by atoms with E-state index in [0.29, 0.717) is 37.6 Å². The van der Waals surface area contributed by atoms with Crippen LogP contribution in [0.2, 0.25) is 5.02 Å². The van der Waals surface area contributed by atoms with E-state index in [2.05, 4.69) is 21.2 Å². The number of methoxy groups -OCH3 is 1. The largest absolute Gasteiger partial charge is 0.496 e. The highest BCUT2D eigenvalue weighted by Gasteiger charge is 2.20. The van der Waals surface area contributed by atoms with Crippen LogP contribution < -0.4 is 10.1 Å². The van der Waals surface area contributed by atoms with Crippen LogP contribution in [0.3, 0.4) is 0 Å². The van der Waals surface area contributed by atoms with Gasteiger partial charge in [-0.25, -0.2) is 0 Å². The number of carbonyl (C=O) groups excluding carboxylic acids is 2. The van der Waals surface area contributed by atoms with E-state index in [-0.39, 0.29) is 11.7 Å². The molecule has 4 aromatic rings. The highest BCUT2D eigenvalue weighted by atomic mass is 79.9. The van der Waals surface area contributed by atoms with Gasteiger partial charge in [-0.2, -0.15) is 0 Å². The van der Waals surface area contributed by atoms with Crippen molar-refractivity contribution in [1.82, 2.24) is 0 Å². The Morgan fingerprint density at radius 2 is 1.52 bits per heavy atom. The van der Waals surface area contributed by atoms with Crippen molar-refractivity contribution in [3.8, 4) is 5.75 Å². The van der Waals surface area contributed by atoms with E-state index < -0.39 is 0 Å². The molecule has 4 rings (SSSR count).